The van der Waals surface area contributed by atoms with Gasteiger partial charge in [0.05, 0.1) is 22.2 Å². The van der Waals surface area contributed by atoms with Crippen LogP contribution in [0.4, 0.5) is 0 Å². The van der Waals surface area contributed by atoms with Gasteiger partial charge in [-0.3, -0.25) is 9.59 Å². The minimum absolute atomic E-state index is 0.0643. The van der Waals surface area contributed by atoms with Crippen molar-refractivity contribution in [3.05, 3.63) is 51.2 Å². The number of halogens is 1. The van der Waals surface area contributed by atoms with Crippen LogP contribution in [-0.4, -0.2) is 42.0 Å². The van der Waals surface area contributed by atoms with Gasteiger partial charge in [0.1, 0.15) is 0 Å². The van der Waals surface area contributed by atoms with Crippen molar-refractivity contribution in [1.82, 2.24) is 4.90 Å². The molecule has 0 unspecified atom stereocenters. The van der Waals surface area contributed by atoms with Gasteiger partial charge >= 0.3 is 5.97 Å². The lowest BCUT2D eigenvalue weighted by Crippen LogP contribution is -2.27. The lowest BCUT2D eigenvalue weighted by Gasteiger charge is -2.17. The van der Waals surface area contributed by atoms with Crippen LogP contribution in [0.2, 0.25) is 4.34 Å². The summed E-state index contributed by atoms with van der Waals surface area (Å²) in [5.74, 6) is -0.604. The summed E-state index contributed by atoms with van der Waals surface area (Å²) in [6.45, 7) is 5.54. The normalized spacial score (nSPS) is 11.2. The zero-order valence-electron chi connectivity index (χ0n) is 16.9. The van der Waals surface area contributed by atoms with Crippen molar-refractivity contribution in [1.29, 1.82) is 0 Å². The largest absolute Gasteiger partial charge is 0.454 e. The molecule has 1 amide bonds. The van der Waals surface area contributed by atoms with E-state index in [1.807, 2.05) is 6.07 Å². The van der Waals surface area contributed by atoms with Gasteiger partial charge < -0.3 is 9.64 Å². The molecule has 156 valence electrons. The number of hydrogen-bond acceptors (Lipinski definition) is 6. The minimum atomic E-state index is -0.571. The molecule has 1 heterocycles. The Bertz CT molecular complexity index is 889. The van der Waals surface area contributed by atoms with E-state index in [1.165, 1.54) is 23.1 Å². The van der Waals surface area contributed by atoms with Gasteiger partial charge in [0.25, 0.3) is 0 Å². The predicted octanol–water partition coefficient (Wildman–Crippen LogP) is 4.92. The third-order valence-electron chi connectivity index (χ3n) is 4.08. The molecule has 0 bridgehead atoms. The maximum atomic E-state index is 12.4. The molecular weight excluding hydrogens is 430 g/mol. The highest BCUT2D eigenvalue weighted by Gasteiger charge is 2.23. The predicted molar refractivity (Wildman–Crippen MR) is 118 cm³/mol. The Labute approximate surface area is 184 Å². The molecule has 0 radical (unpaired) electrons. The molecule has 2 aromatic rings. The van der Waals surface area contributed by atoms with Gasteiger partial charge in [-0.1, -0.05) is 44.5 Å². The van der Waals surface area contributed by atoms with Crippen LogP contribution in [0.3, 0.4) is 0 Å². The first-order valence-electron chi connectivity index (χ1n) is 8.98. The minimum Gasteiger partial charge on any atom is -0.454 e. The monoisotopic (exact) mass is 453 g/mol. The van der Waals surface area contributed by atoms with E-state index in [9.17, 15) is 14.4 Å². The Morgan fingerprint density at radius 2 is 1.83 bits per heavy atom. The van der Waals surface area contributed by atoms with Crippen LogP contribution in [-0.2, 0) is 20.9 Å². The fourth-order valence-electron chi connectivity index (χ4n) is 2.19. The molecule has 0 N–H and O–H groups in total. The van der Waals surface area contributed by atoms with Crippen molar-refractivity contribution >= 4 is 52.4 Å². The second-order valence-corrected chi connectivity index (χ2v) is 10.3. The van der Waals surface area contributed by atoms with E-state index in [2.05, 4.69) is 0 Å². The molecule has 29 heavy (non-hydrogen) atoms. The van der Waals surface area contributed by atoms with Gasteiger partial charge in [0.2, 0.25) is 5.91 Å². The molecule has 0 aliphatic rings. The number of amides is 1. The van der Waals surface area contributed by atoms with Crippen LogP contribution in [0.1, 0.15) is 36.0 Å². The first-order valence-corrected chi connectivity index (χ1v) is 11.2. The Balaban J connectivity index is 1.95. The number of benzene rings is 1. The van der Waals surface area contributed by atoms with Gasteiger partial charge in [-0.05, 0) is 24.3 Å². The van der Waals surface area contributed by atoms with Gasteiger partial charge in [-0.25, -0.2) is 4.79 Å². The zero-order valence-corrected chi connectivity index (χ0v) is 19.2. The molecule has 0 aliphatic heterocycles. The Morgan fingerprint density at radius 3 is 2.45 bits per heavy atom. The molecule has 0 spiro atoms. The summed E-state index contributed by atoms with van der Waals surface area (Å²) < 4.78 is 5.87. The van der Waals surface area contributed by atoms with Crippen LogP contribution >= 0.6 is 34.7 Å². The van der Waals surface area contributed by atoms with E-state index in [1.54, 1.807) is 63.1 Å². The molecule has 1 aromatic heterocycles. The van der Waals surface area contributed by atoms with Crippen molar-refractivity contribution in [3.63, 3.8) is 0 Å². The van der Waals surface area contributed by atoms with Crippen molar-refractivity contribution in [3.8, 4) is 0 Å². The number of ketones is 1. The smallest absolute Gasteiger partial charge is 0.339 e. The van der Waals surface area contributed by atoms with Crippen LogP contribution in [0, 0.1) is 5.41 Å². The Hall–Kier alpha value is -1.83. The van der Waals surface area contributed by atoms with Crippen LogP contribution in [0.25, 0.3) is 0 Å². The van der Waals surface area contributed by atoms with E-state index in [0.717, 1.165) is 4.88 Å². The standard InChI is InChI=1S/C21H24ClNO4S2/c1-21(2,3)17(24)12-27-20(26)15-7-5-6-8-16(15)28-13-19(25)23(4)11-14-9-10-18(22)29-14/h5-10H,11-13H2,1-4H3. The maximum Gasteiger partial charge on any atom is 0.339 e. The fraction of sp³-hybridized carbons (Fsp3) is 0.381. The summed E-state index contributed by atoms with van der Waals surface area (Å²) in [5, 5.41) is 0. The third kappa shape index (κ3) is 7.17. The summed E-state index contributed by atoms with van der Waals surface area (Å²) in [4.78, 5) is 40.1. The summed E-state index contributed by atoms with van der Waals surface area (Å²) in [7, 11) is 1.73. The first-order chi connectivity index (χ1) is 13.6. The van der Waals surface area contributed by atoms with E-state index in [4.69, 9.17) is 16.3 Å². The fourth-order valence-corrected chi connectivity index (χ4v) is 4.32. The van der Waals surface area contributed by atoms with E-state index >= 15 is 0 Å². The molecular formula is C21H24ClNO4S2. The molecule has 8 heteroatoms. The number of thioether (sulfide) groups is 1. The number of carbonyl (C=O) groups is 3. The van der Waals surface area contributed by atoms with Crippen LogP contribution < -0.4 is 0 Å². The molecule has 0 saturated carbocycles. The van der Waals surface area contributed by atoms with Gasteiger partial charge in [0, 0.05) is 22.2 Å². The molecule has 2 rings (SSSR count). The van der Waals surface area contributed by atoms with E-state index in [0.29, 0.717) is 21.3 Å². The number of thiophene rings is 1. The topological polar surface area (TPSA) is 63.7 Å². The van der Waals surface area contributed by atoms with Gasteiger partial charge in [-0.15, -0.1) is 23.1 Å². The zero-order chi connectivity index (χ0) is 21.6. The molecule has 0 fully saturated rings. The lowest BCUT2D eigenvalue weighted by molar-refractivity contribution is -0.129. The third-order valence-corrected chi connectivity index (χ3v) is 6.35. The highest BCUT2D eigenvalue weighted by atomic mass is 35.5. The average molecular weight is 454 g/mol. The highest BCUT2D eigenvalue weighted by Crippen LogP contribution is 2.25. The first kappa shape index (κ1) is 23.4. The number of esters is 1. The van der Waals surface area contributed by atoms with Gasteiger partial charge in [-0.2, -0.15) is 0 Å². The quantitative estimate of drug-likeness (QED) is 0.419. The Morgan fingerprint density at radius 1 is 1.14 bits per heavy atom. The van der Waals surface area contributed by atoms with Crippen molar-refractivity contribution in [2.24, 2.45) is 5.41 Å². The molecule has 0 atom stereocenters. The SMILES string of the molecule is CN(Cc1ccc(Cl)s1)C(=O)CSc1ccccc1C(=O)OCC(=O)C(C)(C)C. The average Bonchev–Trinajstić information content (AvgIpc) is 3.07. The number of hydrogen-bond donors (Lipinski definition) is 0. The lowest BCUT2D eigenvalue weighted by atomic mass is 9.91. The molecule has 1 aromatic carbocycles. The van der Waals surface area contributed by atoms with Crippen molar-refractivity contribution in [2.45, 2.75) is 32.2 Å². The summed E-state index contributed by atoms with van der Waals surface area (Å²) in [6, 6.07) is 10.6. The molecule has 0 saturated heterocycles. The number of ether oxygens (including phenoxy) is 1. The number of carbonyl (C=O) groups excluding carboxylic acids is 3. The maximum absolute atomic E-state index is 12.4. The molecule has 5 nitrogen and oxygen atoms in total. The summed E-state index contributed by atoms with van der Waals surface area (Å²) in [5.41, 5.74) is -0.224. The molecule has 0 aliphatic carbocycles. The summed E-state index contributed by atoms with van der Waals surface area (Å²) in [6.07, 6.45) is 0. The van der Waals surface area contributed by atoms with Crippen LogP contribution in [0.15, 0.2) is 41.3 Å². The number of Topliss-reactive ketones (excluding diaryl/α,β-unsaturated/α-hetero) is 1. The van der Waals surface area contributed by atoms with Crippen molar-refractivity contribution in [2.75, 3.05) is 19.4 Å². The van der Waals surface area contributed by atoms with E-state index in [-0.39, 0.29) is 24.1 Å². The van der Waals surface area contributed by atoms with Gasteiger partial charge in [0.15, 0.2) is 12.4 Å². The van der Waals surface area contributed by atoms with Crippen LogP contribution in [0.5, 0.6) is 0 Å². The highest BCUT2D eigenvalue weighted by molar-refractivity contribution is 8.00. The van der Waals surface area contributed by atoms with E-state index < -0.39 is 11.4 Å². The summed E-state index contributed by atoms with van der Waals surface area (Å²) >= 11 is 8.64. The van der Waals surface area contributed by atoms with Crippen molar-refractivity contribution < 1.29 is 19.1 Å². The number of nitrogens with zero attached hydrogens (tertiary/aromatic N) is 1. The number of rotatable bonds is 8. The Kier molecular flexibility index (Phi) is 8.31. The second-order valence-electron chi connectivity index (χ2n) is 7.49. The second kappa shape index (κ2) is 10.3.